The van der Waals surface area contributed by atoms with Gasteiger partial charge in [0.25, 0.3) is 0 Å². The number of nitrogens with one attached hydrogen (secondary N) is 1. The van der Waals surface area contributed by atoms with E-state index in [-0.39, 0.29) is 0 Å². The molecule has 1 N–H and O–H groups in total. The molecule has 0 fully saturated rings. The summed E-state index contributed by atoms with van der Waals surface area (Å²) in [5, 5.41) is 1.41. The zero-order valence-corrected chi connectivity index (χ0v) is 7.86. The maximum Gasteiger partial charge on any atom is 0.412 e. The van der Waals surface area contributed by atoms with E-state index in [1.54, 1.807) is 0 Å². The number of rotatable bonds is 1. The zero-order valence-electron chi connectivity index (χ0n) is 7.11. The quantitative estimate of drug-likeness (QED) is 0.740. The van der Waals surface area contributed by atoms with Gasteiger partial charge in [-0.3, -0.25) is 0 Å². The van der Waals surface area contributed by atoms with Gasteiger partial charge in [0.05, 0.1) is 0 Å². The summed E-state index contributed by atoms with van der Waals surface area (Å²) >= 11 is 5.25. The first-order valence-corrected chi connectivity index (χ1v) is 3.97. The highest BCUT2D eigenvalue weighted by Crippen LogP contribution is 2.26. The standard InChI is InChI=1S/C8H6ClF2NO2/c1-12-8(13)14-5-3-2-4(10)6(9)7(5)11/h2-3H,1H3,(H,12,13). The molecule has 1 aromatic carbocycles. The van der Waals surface area contributed by atoms with E-state index in [0.717, 1.165) is 12.1 Å². The van der Waals surface area contributed by atoms with Crippen molar-refractivity contribution in [1.29, 1.82) is 0 Å². The minimum atomic E-state index is -1.10. The van der Waals surface area contributed by atoms with E-state index in [2.05, 4.69) is 10.1 Å². The van der Waals surface area contributed by atoms with Crippen molar-refractivity contribution in [1.82, 2.24) is 5.32 Å². The molecule has 0 aliphatic rings. The minimum absolute atomic E-state index is 0.421. The van der Waals surface area contributed by atoms with Gasteiger partial charge in [-0.2, -0.15) is 0 Å². The monoisotopic (exact) mass is 221 g/mol. The summed E-state index contributed by atoms with van der Waals surface area (Å²) in [6.45, 7) is 0. The van der Waals surface area contributed by atoms with Crippen LogP contribution in [0.4, 0.5) is 13.6 Å². The number of carbonyl (C=O) groups is 1. The normalized spacial score (nSPS) is 9.71. The van der Waals surface area contributed by atoms with Gasteiger partial charge in [-0.1, -0.05) is 11.6 Å². The SMILES string of the molecule is CNC(=O)Oc1ccc(F)c(Cl)c1F. The molecule has 1 aromatic rings. The van der Waals surface area contributed by atoms with Crippen molar-refractivity contribution in [2.24, 2.45) is 0 Å². The Labute approximate surface area is 83.6 Å². The molecule has 0 spiro atoms. The third-order valence-corrected chi connectivity index (χ3v) is 1.75. The van der Waals surface area contributed by atoms with Crippen LogP contribution in [0.15, 0.2) is 12.1 Å². The Morgan fingerprint density at radius 1 is 1.50 bits per heavy atom. The van der Waals surface area contributed by atoms with Gasteiger partial charge in [-0.25, -0.2) is 13.6 Å². The van der Waals surface area contributed by atoms with Crippen LogP contribution in [-0.2, 0) is 0 Å². The van der Waals surface area contributed by atoms with Crippen LogP contribution in [0.1, 0.15) is 0 Å². The maximum absolute atomic E-state index is 13.1. The molecule has 3 nitrogen and oxygen atoms in total. The predicted molar refractivity (Wildman–Crippen MR) is 46.5 cm³/mol. The van der Waals surface area contributed by atoms with Crippen molar-refractivity contribution in [2.75, 3.05) is 7.05 Å². The number of hydrogen-bond acceptors (Lipinski definition) is 2. The molecule has 0 saturated heterocycles. The summed E-state index contributed by atoms with van der Waals surface area (Å²) in [6, 6.07) is 1.88. The van der Waals surface area contributed by atoms with Crippen LogP contribution < -0.4 is 10.1 Å². The fraction of sp³-hybridized carbons (Fsp3) is 0.125. The summed E-state index contributed by atoms with van der Waals surface area (Å²) < 4.78 is 30.2. The predicted octanol–water partition coefficient (Wildman–Crippen LogP) is 2.34. The van der Waals surface area contributed by atoms with Gasteiger partial charge in [-0.15, -0.1) is 0 Å². The first-order valence-electron chi connectivity index (χ1n) is 3.59. The molecule has 0 saturated carbocycles. The van der Waals surface area contributed by atoms with Gasteiger partial charge in [0.15, 0.2) is 11.6 Å². The van der Waals surface area contributed by atoms with E-state index in [9.17, 15) is 13.6 Å². The molecular weight excluding hydrogens is 216 g/mol. The summed E-state index contributed by atoms with van der Waals surface area (Å²) in [6.07, 6.45) is -0.855. The van der Waals surface area contributed by atoms with E-state index < -0.39 is 28.5 Å². The van der Waals surface area contributed by atoms with E-state index >= 15 is 0 Å². The second kappa shape index (κ2) is 4.23. The molecule has 0 aliphatic carbocycles. The summed E-state index contributed by atoms with van der Waals surface area (Å²) in [5.41, 5.74) is 0. The van der Waals surface area contributed by atoms with Crippen molar-refractivity contribution in [3.63, 3.8) is 0 Å². The van der Waals surface area contributed by atoms with E-state index in [4.69, 9.17) is 11.6 Å². The minimum Gasteiger partial charge on any atom is -0.407 e. The third-order valence-electron chi connectivity index (χ3n) is 1.41. The van der Waals surface area contributed by atoms with Crippen LogP contribution in [0.2, 0.25) is 5.02 Å². The number of benzene rings is 1. The van der Waals surface area contributed by atoms with Crippen LogP contribution in [0.3, 0.4) is 0 Å². The van der Waals surface area contributed by atoms with Crippen molar-refractivity contribution in [3.05, 3.63) is 28.8 Å². The Morgan fingerprint density at radius 3 is 2.71 bits per heavy atom. The van der Waals surface area contributed by atoms with E-state index in [1.165, 1.54) is 7.05 Å². The highest BCUT2D eigenvalue weighted by atomic mass is 35.5. The van der Waals surface area contributed by atoms with Crippen LogP contribution >= 0.6 is 11.6 Å². The zero-order chi connectivity index (χ0) is 10.7. The van der Waals surface area contributed by atoms with Gasteiger partial charge in [0, 0.05) is 7.05 Å². The highest BCUT2D eigenvalue weighted by molar-refractivity contribution is 6.31. The van der Waals surface area contributed by atoms with Crippen molar-refractivity contribution >= 4 is 17.7 Å². The van der Waals surface area contributed by atoms with Gasteiger partial charge in [0.2, 0.25) is 0 Å². The average molecular weight is 222 g/mol. The molecule has 0 unspecified atom stereocenters. The topological polar surface area (TPSA) is 38.3 Å². The first kappa shape index (κ1) is 10.7. The first-order chi connectivity index (χ1) is 6.56. The molecule has 1 rings (SSSR count). The Hall–Kier alpha value is -1.36. The summed E-state index contributed by atoms with van der Waals surface area (Å²) in [7, 11) is 1.31. The molecule has 0 bridgehead atoms. The van der Waals surface area contributed by atoms with Gasteiger partial charge >= 0.3 is 6.09 Å². The Bertz CT molecular complexity index is 371. The molecule has 0 aromatic heterocycles. The average Bonchev–Trinajstić information content (AvgIpc) is 2.19. The molecule has 1 amide bonds. The molecular formula is C8H6ClF2NO2. The highest BCUT2D eigenvalue weighted by Gasteiger charge is 2.14. The van der Waals surface area contributed by atoms with Gasteiger partial charge in [-0.05, 0) is 12.1 Å². The van der Waals surface area contributed by atoms with Crippen molar-refractivity contribution < 1.29 is 18.3 Å². The van der Waals surface area contributed by atoms with Crippen LogP contribution in [0.5, 0.6) is 5.75 Å². The Balaban J connectivity index is 3.00. The van der Waals surface area contributed by atoms with Crippen LogP contribution in [0.25, 0.3) is 0 Å². The third kappa shape index (κ3) is 2.11. The number of carbonyl (C=O) groups excluding carboxylic acids is 1. The fourth-order valence-corrected chi connectivity index (χ4v) is 0.894. The second-order valence-corrected chi connectivity index (χ2v) is 2.69. The fourth-order valence-electron chi connectivity index (χ4n) is 0.738. The van der Waals surface area contributed by atoms with Gasteiger partial charge < -0.3 is 10.1 Å². The van der Waals surface area contributed by atoms with Crippen molar-refractivity contribution in [2.45, 2.75) is 0 Å². The van der Waals surface area contributed by atoms with Crippen molar-refractivity contribution in [3.8, 4) is 5.75 Å². The summed E-state index contributed by atoms with van der Waals surface area (Å²) in [4.78, 5) is 10.7. The molecule has 6 heteroatoms. The van der Waals surface area contributed by atoms with Crippen LogP contribution in [0, 0.1) is 11.6 Å². The largest absolute Gasteiger partial charge is 0.412 e. The smallest absolute Gasteiger partial charge is 0.407 e. The number of ether oxygens (including phenoxy) is 1. The maximum atomic E-state index is 13.1. The lowest BCUT2D eigenvalue weighted by Crippen LogP contribution is -2.22. The van der Waals surface area contributed by atoms with Crippen LogP contribution in [-0.4, -0.2) is 13.1 Å². The molecule has 14 heavy (non-hydrogen) atoms. The van der Waals surface area contributed by atoms with E-state index in [0.29, 0.717) is 0 Å². The lowest BCUT2D eigenvalue weighted by molar-refractivity contribution is 0.200. The number of hydrogen-bond donors (Lipinski definition) is 1. The molecule has 0 aliphatic heterocycles. The Kier molecular flexibility index (Phi) is 3.24. The van der Waals surface area contributed by atoms with E-state index in [1.807, 2.05) is 0 Å². The number of amides is 1. The molecule has 0 radical (unpaired) electrons. The van der Waals surface area contributed by atoms with Gasteiger partial charge in [0.1, 0.15) is 10.8 Å². The molecule has 0 atom stereocenters. The number of halogens is 3. The molecule has 76 valence electrons. The molecule has 0 heterocycles. The Morgan fingerprint density at radius 2 is 2.14 bits per heavy atom. The lowest BCUT2D eigenvalue weighted by Gasteiger charge is -2.05. The lowest BCUT2D eigenvalue weighted by atomic mass is 10.3. The summed E-state index contributed by atoms with van der Waals surface area (Å²) in [5.74, 6) is -2.43. The second-order valence-electron chi connectivity index (χ2n) is 2.31.